The molecule has 30 heavy (non-hydrogen) atoms. The minimum absolute atomic E-state index is 0.0398. The molecule has 1 aromatic heterocycles. The standard InChI is InChI=1S/C22H15ClN2O4S/c23-13-3-5-14(6-4-13)27-12-20(26)28-15-7-8-16-18(10-15)29-22(25)17(11-24)21(16)19-2-1-9-30-19/h1-10,21H,12,25H2. The first-order valence-electron chi connectivity index (χ1n) is 8.89. The number of nitrogens with two attached hydrogens (primary N) is 1. The van der Waals surface area contributed by atoms with E-state index in [9.17, 15) is 10.1 Å². The van der Waals surface area contributed by atoms with Crippen LogP contribution < -0.4 is 19.9 Å². The molecule has 0 aliphatic carbocycles. The van der Waals surface area contributed by atoms with E-state index in [0.29, 0.717) is 22.1 Å². The SMILES string of the molecule is N#CC1=C(N)Oc2cc(OC(=O)COc3ccc(Cl)cc3)ccc2C1c1cccs1. The van der Waals surface area contributed by atoms with Gasteiger partial charge in [-0.1, -0.05) is 23.7 Å². The van der Waals surface area contributed by atoms with Crippen LogP contribution >= 0.6 is 22.9 Å². The molecule has 0 saturated carbocycles. The second kappa shape index (κ2) is 8.49. The van der Waals surface area contributed by atoms with Crippen LogP contribution in [-0.4, -0.2) is 12.6 Å². The van der Waals surface area contributed by atoms with Crippen molar-refractivity contribution in [2.75, 3.05) is 6.61 Å². The quantitative estimate of drug-likeness (QED) is 0.462. The van der Waals surface area contributed by atoms with Crippen molar-refractivity contribution in [2.24, 2.45) is 5.73 Å². The van der Waals surface area contributed by atoms with E-state index in [1.165, 1.54) is 11.3 Å². The summed E-state index contributed by atoms with van der Waals surface area (Å²) in [5.74, 6) is 0.378. The fourth-order valence-corrected chi connectivity index (χ4v) is 4.06. The smallest absolute Gasteiger partial charge is 0.349 e. The van der Waals surface area contributed by atoms with E-state index in [0.717, 1.165) is 10.4 Å². The van der Waals surface area contributed by atoms with Gasteiger partial charge in [-0.2, -0.15) is 5.26 Å². The summed E-state index contributed by atoms with van der Waals surface area (Å²) >= 11 is 7.35. The number of carbonyl (C=O) groups excluding carboxylic acids is 1. The Bertz CT molecular complexity index is 1150. The van der Waals surface area contributed by atoms with Crippen molar-refractivity contribution in [3.63, 3.8) is 0 Å². The minimum atomic E-state index is -0.572. The van der Waals surface area contributed by atoms with Gasteiger partial charge in [0.25, 0.3) is 0 Å². The van der Waals surface area contributed by atoms with Crippen molar-refractivity contribution in [1.29, 1.82) is 5.26 Å². The van der Waals surface area contributed by atoms with Gasteiger partial charge in [-0.3, -0.25) is 0 Å². The van der Waals surface area contributed by atoms with Crippen LogP contribution in [0.2, 0.25) is 5.02 Å². The van der Waals surface area contributed by atoms with E-state index < -0.39 is 5.97 Å². The van der Waals surface area contributed by atoms with Crippen molar-refractivity contribution >= 4 is 28.9 Å². The number of nitriles is 1. The average Bonchev–Trinajstić information content (AvgIpc) is 3.26. The monoisotopic (exact) mass is 438 g/mol. The molecule has 4 rings (SSSR count). The van der Waals surface area contributed by atoms with E-state index in [1.807, 2.05) is 17.5 Å². The topological polar surface area (TPSA) is 94.6 Å². The van der Waals surface area contributed by atoms with Crippen molar-refractivity contribution in [1.82, 2.24) is 0 Å². The molecule has 1 aliphatic rings. The van der Waals surface area contributed by atoms with Crippen molar-refractivity contribution < 1.29 is 19.0 Å². The normalized spacial score (nSPS) is 15.0. The molecule has 1 atom stereocenters. The van der Waals surface area contributed by atoms with Crippen molar-refractivity contribution in [3.8, 4) is 23.3 Å². The number of hydrogen-bond acceptors (Lipinski definition) is 7. The Morgan fingerprint density at radius 1 is 1.20 bits per heavy atom. The molecule has 3 aromatic rings. The minimum Gasteiger partial charge on any atom is -0.482 e. The lowest BCUT2D eigenvalue weighted by molar-refractivity contribution is -0.136. The van der Waals surface area contributed by atoms with Crippen LogP contribution in [-0.2, 0) is 4.79 Å². The molecule has 0 bridgehead atoms. The van der Waals surface area contributed by atoms with E-state index in [2.05, 4.69) is 6.07 Å². The van der Waals surface area contributed by atoms with Crippen molar-refractivity contribution in [3.05, 3.63) is 86.9 Å². The van der Waals surface area contributed by atoms with E-state index in [1.54, 1.807) is 42.5 Å². The van der Waals surface area contributed by atoms with Crippen LogP contribution in [0, 0.1) is 11.3 Å². The molecule has 8 heteroatoms. The van der Waals surface area contributed by atoms with E-state index in [4.69, 9.17) is 31.5 Å². The molecule has 1 aliphatic heterocycles. The maximum absolute atomic E-state index is 12.1. The van der Waals surface area contributed by atoms with Crippen LogP contribution in [0.3, 0.4) is 0 Å². The second-order valence-electron chi connectivity index (χ2n) is 6.36. The zero-order chi connectivity index (χ0) is 21.1. The first kappa shape index (κ1) is 19.8. The first-order chi connectivity index (χ1) is 14.5. The second-order valence-corrected chi connectivity index (χ2v) is 7.77. The number of nitrogens with zero attached hydrogens (tertiary/aromatic N) is 1. The number of ether oxygens (including phenoxy) is 3. The lowest BCUT2D eigenvalue weighted by Gasteiger charge is -2.25. The van der Waals surface area contributed by atoms with Crippen LogP contribution in [0.25, 0.3) is 0 Å². The van der Waals surface area contributed by atoms with E-state index >= 15 is 0 Å². The molecule has 2 heterocycles. The maximum atomic E-state index is 12.1. The summed E-state index contributed by atoms with van der Waals surface area (Å²) in [6.07, 6.45) is 0. The molecule has 0 amide bonds. The van der Waals surface area contributed by atoms with Crippen LogP contribution in [0.5, 0.6) is 17.2 Å². The number of carbonyl (C=O) groups is 1. The Morgan fingerprint density at radius 2 is 1.97 bits per heavy atom. The van der Waals surface area contributed by atoms with Gasteiger partial charge >= 0.3 is 5.97 Å². The highest BCUT2D eigenvalue weighted by Crippen LogP contribution is 2.44. The fraction of sp³-hybridized carbons (Fsp3) is 0.0909. The molecule has 1 unspecified atom stereocenters. The Morgan fingerprint density at radius 3 is 2.67 bits per heavy atom. The van der Waals surface area contributed by atoms with Crippen LogP contribution in [0.1, 0.15) is 16.4 Å². The zero-order valence-electron chi connectivity index (χ0n) is 15.5. The number of benzene rings is 2. The zero-order valence-corrected chi connectivity index (χ0v) is 17.1. The lowest BCUT2D eigenvalue weighted by atomic mass is 9.88. The molecule has 0 radical (unpaired) electrons. The molecule has 2 aromatic carbocycles. The van der Waals surface area contributed by atoms with Crippen LogP contribution in [0.15, 0.2) is 71.4 Å². The van der Waals surface area contributed by atoms with Crippen molar-refractivity contribution in [2.45, 2.75) is 5.92 Å². The predicted octanol–water partition coefficient (Wildman–Crippen LogP) is 4.60. The number of esters is 1. The van der Waals surface area contributed by atoms with Gasteiger partial charge in [0.05, 0.1) is 5.92 Å². The third-order valence-electron chi connectivity index (χ3n) is 4.42. The van der Waals surface area contributed by atoms with Gasteiger partial charge in [-0.15, -0.1) is 11.3 Å². The Kier molecular flexibility index (Phi) is 5.61. The highest BCUT2D eigenvalue weighted by Gasteiger charge is 2.31. The Balaban J connectivity index is 1.51. The third kappa shape index (κ3) is 4.10. The van der Waals surface area contributed by atoms with Crippen LogP contribution in [0.4, 0.5) is 0 Å². The van der Waals surface area contributed by atoms with Gasteiger partial charge in [0, 0.05) is 21.5 Å². The average molecular weight is 439 g/mol. The maximum Gasteiger partial charge on any atom is 0.349 e. The summed E-state index contributed by atoms with van der Waals surface area (Å²) in [7, 11) is 0. The molecule has 150 valence electrons. The fourth-order valence-electron chi connectivity index (χ4n) is 3.08. The summed E-state index contributed by atoms with van der Waals surface area (Å²) in [5, 5.41) is 12.1. The summed E-state index contributed by atoms with van der Waals surface area (Å²) in [6, 6.07) is 17.7. The number of halogens is 1. The Hall–Kier alpha value is -3.47. The number of fused-ring (bicyclic) bond motifs is 1. The lowest BCUT2D eigenvalue weighted by Crippen LogP contribution is -2.21. The predicted molar refractivity (Wildman–Crippen MR) is 113 cm³/mol. The van der Waals surface area contributed by atoms with Gasteiger partial charge in [-0.25, -0.2) is 4.79 Å². The van der Waals surface area contributed by atoms with Gasteiger partial charge < -0.3 is 19.9 Å². The largest absolute Gasteiger partial charge is 0.482 e. The number of rotatable bonds is 5. The van der Waals surface area contributed by atoms with Gasteiger partial charge in [0.15, 0.2) is 6.61 Å². The number of allylic oxidation sites excluding steroid dienone is 1. The molecule has 0 fully saturated rings. The van der Waals surface area contributed by atoms with Gasteiger partial charge in [0.2, 0.25) is 5.88 Å². The summed E-state index contributed by atoms with van der Waals surface area (Å²) in [6.45, 7) is -0.266. The summed E-state index contributed by atoms with van der Waals surface area (Å²) in [5.41, 5.74) is 7.11. The first-order valence-corrected chi connectivity index (χ1v) is 10.1. The van der Waals surface area contributed by atoms with Gasteiger partial charge in [-0.05, 0) is 41.8 Å². The molecular formula is C22H15ClN2O4S. The third-order valence-corrected chi connectivity index (χ3v) is 5.61. The highest BCUT2D eigenvalue weighted by atomic mass is 35.5. The van der Waals surface area contributed by atoms with E-state index in [-0.39, 0.29) is 24.2 Å². The molecule has 2 N–H and O–H groups in total. The summed E-state index contributed by atoms with van der Waals surface area (Å²) in [4.78, 5) is 13.1. The number of thiophene rings is 1. The highest BCUT2D eigenvalue weighted by molar-refractivity contribution is 7.10. The Labute approximate surface area is 181 Å². The van der Waals surface area contributed by atoms with Gasteiger partial charge in [0.1, 0.15) is 28.9 Å². The molecular weight excluding hydrogens is 424 g/mol. The summed E-state index contributed by atoms with van der Waals surface area (Å²) < 4.78 is 16.4. The molecule has 0 spiro atoms. The molecule has 0 saturated heterocycles. The number of hydrogen-bond donors (Lipinski definition) is 1. The molecule has 6 nitrogen and oxygen atoms in total.